The van der Waals surface area contributed by atoms with Gasteiger partial charge < -0.3 is 14.9 Å². The lowest BCUT2D eigenvalue weighted by Gasteiger charge is -2.06. The van der Waals surface area contributed by atoms with Gasteiger partial charge in [0.25, 0.3) is 0 Å². The van der Waals surface area contributed by atoms with E-state index in [-0.39, 0.29) is 17.1 Å². The average Bonchev–Trinajstić information content (AvgIpc) is 2.72. The van der Waals surface area contributed by atoms with Gasteiger partial charge in [-0.1, -0.05) is 76.9 Å². The van der Waals surface area contributed by atoms with Crippen molar-refractivity contribution in [1.29, 1.82) is 0 Å². The van der Waals surface area contributed by atoms with E-state index in [1.807, 2.05) is 0 Å². The number of phenols is 2. The first-order valence-corrected chi connectivity index (χ1v) is 11.5. The van der Waals surface area contributed by atoms with Gasteiger partial charge in [0.05, 0.1) is 12.2 Å². The Labute approximate surface area is 177 Å². The molecule has 0 fully saturated rings. The Balaban J connectivity index is 1.88. The molecule has 0 saturated heterocycles. The van der Waals surface area contributed by atoms with Gasteiger partial charge in [-0.2, -0.15) is 0 Å². The predicted molar refractivity (Wildman–Crippen MR) is 120 cm³/mol. The second-order valence-corrected chi connectivity index (χ2v) is 7.78. The second-order valence-electron chi connectivity index (χ2n) is 7.78. The molecule has 0 unspecified atom stereocenters. The number of carbonyl (C=O) groups excluding carboxylic acids is 1. The van der Waals surface area contributed by atoms with Crippen LogP contribution < -0.4 is 0 Å². The summed E-state index contributed by atoms with van der Waals surface area (Å²) in [7, 11) is 0. The first-order chi connectivity index (χ1) is 14.1. The highest BCUT2D eigenvalue weighted by Gasteiger charge is 2.09. The minimum absolute atomic E-state index is 0.241. The fourth-order valence-electron chi connectivity index (χ4n) is 3.25. The number of ether oxygens (including phenoxy) is 1. The van der Waals surface area contributed by atoms with Crippen molar-refractivity contribution in [2.75, 3.05) is 6.61 Å². The molecule has 1 aromatic carbocycles. The van der Waals surface area contributed by atoms with Crippen molar-refractivity contribution in [2.45, 2.75) is 96.8 Å². The average molecular weight is 405 g/mol. The van der Waals surface area contributed by atoms with Crippen molar-refractivity contribution < 1.29 is 19.7 Å². The number of hydrogen-bond acceptors (Lipinski definition) is 4. The van der Waals surface area contributed by atoms with Crippen LogP contribution in [0.5, 0.6) is 11.5 Å². The lowest BCUT2D eigenvalue weighted by Crippen LogP contribution is -2.06. The summed E-state index contributed by atoms with van der Waals surface area (Å²) >= 11 is 0. The molecule has 0 aromatic heterocycles. The van der Waals surface area contributed by atoms with Gasteiger partial charge >= 0.3 is 5.97 Å². The lowest BCUT2D eigenvalue weighted by molar-refractivity contribution is 0.0497. The molecule has 0 atom stereocenters. The smallest absolute Gasteiger partial charge is 0.338 e. The highest BCUT2D eigenvalue weighted by Crippen LogP contribution is 2.25. The van der Waals surface area contributed by atoms with Crippen molar-refractivity contribution in [1.82, 2.24) is 0 Å². The Kier molecular flexibility index (Phi) is 14.6. The molecule has 29 heavy (non-hydrogen) atoms. The van der Waals surface area contributed by atoms with Crippen LogP contribution in [0, 0.1) is 0 Å². The van der Waals surface area contributed by atoms with E-state index in [0.29, 0.717) is 6.61 Å². The van der Waals surface area contributed by atoms with E-state index in [4.69, 9.17) is 4.74 Å². The fraction of sp³-hybridized carbons (Fsp3) is 0.640. The Morgan fingerprint density at radius 1 is 0.793 bits per heavy atom. The Morgan fingerprint density at radius 2 is 1.34 bits per heavy atom. The molecule has 1 aromatic rings. The molecule has 164 valence electrons. The van der Waals surface area contributed by atoms with E-state index >= 15 is 0 Å². The highest BCUT2D eigenvalue weighted by atomic mass is 16.5. The molecular formula is C25H40O4. The Bertz CT molecular complexity index is 580. The molecule has 0 aliphatic rings. The highest BCUT2D eigenvalue weighted by molar-refractivity contribution is 5.90. The molecule has 0 aliphatic heterocycles. The van der Waals surface area contributed by atoms with Gasteiger partial charge in [-0.3, -0.25) is 0 Å². The third-order valence-corrected chi connectivity index (χ3v) is 5.10. The number of unbranched alkanes of at least 4 members (excludes halogenated alkanes) is 12. The predicted octanol–water partition coefficient (Wildman–Crippen LogP) is 7.29. The maximum Gasteiger partial charge on any atom is 0.338 e. The fourth-order valence-corrected chi connectivity index (χ4v) is 3.25. The number of allylic oxidation sites excluding steroid dienone is 2. The third-order valence-electron chi connectivity index (χ3n) is 5.10. The van der Waals surface area contributed by atoms with Crippen LogP contribution in [0.4, 0.5) is 0 Å². The monoisotopic (exact) mass is 404 g/mol. The first-order valence-electron chi connectivity index (χ1n) is 11.5. The van der Waals surface area contributed by atoms with Gasteiger partial charge in [0, 0.05) is 0 Å². The summed E-state index contributed by atoms with van der Waals surface area (Å²) < 4.78 is 5.20. The summed E-state index contributed by atoms with van der Waals surface area (Å²) in [5, 5.41) is 18.7. The molecule has 4 nitrogen and oxygen atoms in total. The minimum atomic E-state index is -0.465. The number of benzene rings is 1. The van der Waals surface area contributed by atoms with Crippen molar-refractivity contribution in [3.8, 4) is 11.5 Å². The number of hydrogen-bond donors (Lipinski definition) is 2. The van der Waals surface area contributed by atoms with E-state index in [2.05, 4.69) is 19.1 Å². The van der Waals surface area contributed by atoms with Crippen molar-refractivity contribution in [2.24, 2.45) is 0 Å². The minimum Gasteiger partial charge on any atom is -0.504 e. The van der Waals surface area contributed by atoms with Crippen molar-refractivity contribution in [3.63, 3.8) is 0 Å². The molecule has 4 heteroatoms. The normalized spacial score (nSPS) is 11.2. The van der Waals surface area contributed by atoms with Gasteiger partial charge in [-0.25, -0.2) is 4.79 Å². The van der Waals surface area contributed by atoms with Crippen molar-refractivity contribution >= 4 is 5.97 Å². The molecule has 0 radical (unpaired) electrons. The number of carbonyl (C=O) groups is 1. The van der Waals surface area contributed by atoms with Gasteiger partial charge in [-0.05, 0) is 50.3 Å². The zero-order valence-electron chi connectivity index (χ0n) is 18.2. The summed E-state index contributed by atoms with van der Waals surface area (Å²) in [6, 6.07) is 3.95. The van der Waals surface area contributed by atoms with E-state index in [9.17, 15) is 15.0 Å². The third kappa shape index (κ3) is 13.0. The number of rotatable bonds is 17. The number of aromatic hydroxyl groups is 2. The summed E-state index contributed by atoms with van der Waals surface area (Å²) in [5.41, 5.74) is 0.254. The van der Waals surface area contributed by atoms with Crippen LogP contribution in [-0.2, 0) is 4.74 Å². The van der Waals surface area contributed by atoms with Gasteiger partial charge in [0.1, 0.15) is 0 Å². The van der Waals surface area contributed by atoms with Crippen LogP contribution in [0.1, 0.15) is 107 Å². The molecular weight excluding hydrogens is 364 g/mol. The Hall–Kier alpha value is -1.97. The summed E-state index contributed by atoms with van der Waals surface area (Å²) in [4.78, 5) is 11.8. The quantitative estimate of drug-likeness (QED) is 0.124. The number of phenolic OH excluding ortho intramolecular Hbond substituents is 2. The van der Waals surface area contributed by atoms with Gasteiger partial charge in [0.2, 0.25) is 0 Å². The molecule has 0 spiro atoms. The number of esters is 1. The largest absolute Gasteiger partial charge is 0.504 e. The van der Waals surface area contributed by atoms with Crippen LogP contribution in [-0.4, -0.2) is 22.8 Å². The molecule has 1 rings (SSSR count). The second kappa shape index (κ2) is 16.9. The molecule has 0 bridgehead atoms. The summed E-state index contributed by atoms with van der Waals surface area (Å²) in [5.74, 6) is -1.01. The summed E-state index contributed by atoms with van der Waals surface area (Å²) in [6.07, 6.45) is 22.1. The summed E-state index contributed by atoms with van der Waals surface area (Å²) in [6.45, 7) is 2.65. The zero-order valence-corrected chi connectivity index (χ0v) is 18.2. The van der Waals surface area contributed by atoms with E-state index in [1.165, 1.54) is 95.2 Å². The first kappa shape index (κ1) is 25.1. The van der Waals surface area contributed by atoms with E-state index < -0.39 is 5.97 Å². The molecule has 0 saturated carbocycles. The lowest BCUT2D eigenvalue weighted by atomic mass is 10.1. The van der Waals surface area contributed by atoms with Crippen LogP contribution in [0.15, 0.2) is 30.4 Å². The topological polar surface area (TPSA) is 66.8 Å². The van der Waals surface area contributed by atoms with Crippen LogP contribution in [0.3, 0.4) is 0 Å². The van der Waals surface area contributed by atoms with Crippen molar-refractivity contribution in [3.05, 3.63) is 35.9 Å². The van der Waals surface area contributed by atoms with E-state index in [1.54, 1.807) is 0 Å². The molecule has 0 aliphatic carbocycles. The molecule has 0 heterocycles. The zero-order chi connectivity index (χ0) is 21.2. The van der Waals surface area contributed by atoms with Crippen LogP contribution in [0.25, 0.3) is 0 Å². The van der Waals surface area contributed by atoms with Crippen LogP contribution >= 0.6 is 0 Å². The molecule has 0 amide bonds. The Morgan fingerprint density at radius 3 is 1.93 bits per heavy atom. The SMILES string of the molecule is CCCCCCCC/C=C\CCCCCCCCOC(=O)c1ccc(O)c(O)c1. The molecule has 2 N–H and O–H groups in total. The maximum absolute atomic E-state index is 11.8. The standard InChI is InChI=1S/C25H40O4/c1-2-3-4-5-6-7-8-9-10-11-12-13-14-15-16-17-20-29-25(28)22-18-19-23(26)24(27)21-22/h9-10,18-19,21,26-27H,2-8,11-17,20H2,1H3/b10-9-. The van der Waals surface area contributed by atoms with Crippen LogP contribution in [0.2, 0.25) is 0 Å². The van der Waals surface area contributed by atoms with Gasteiger partial charge in [0.15, 0.2) is 11.5 Å². The van der Waals surface area contributed by atoms with E-state index in [0.717, 1.165) is 12.8 Å². The maximum atomic E-state index is 11.8. The van der Waals surface area contributed by atoms with Gasteiger partial charge in [-0.15, -0.1) is 0 Å².